The summed E-state index contributed by atoms with van der Waals surface area (Å²) in [5.74, 6) is -3.21. The van der Waals surface area contributed by atoms with E-state index in [-0.39, 0.29) is 62.6 Å². The Morgan fingerprint density at radius 2 is 1.92 bits per heavy atom. The Kier molecular flexibility index (Phi) is 16.3. The van der Waals surface area contributed by atoms with Gasteiger partial charge in [0.2, 0.25) is 0 Å². The fourth-order valence-corrected chi connectivity index (χ4v) is 7.22. The molecule has 0 aliphatic carbocycles. The summed E-state index contributed by atoms with van der Waals surface area (Å²) in [6.45, 7) is 11.6. The van der Waals surface area contributed by atoms with Crippen molar-refractivity contribution in [2.45, 2.75) is 135 Å². The molecule has 0 aromatic heterocycles. The van der Waals surface area contributed by atoms with E-state index in [0.29, 0.717) is 5.57 Å². The molecular formula is C40H59F2NO10. The number of methoxy groups -OCH3 is 1. The molecule has 4 N–H and O–H groups in total. The third-order valence-corrected chi connectivity index (χ3v) is 10.3. The highest BCUT2D eigenvalue weighted by molar-refractivity contribution is 5.70. The summed E-state index contributed by atoms with van der Waals surface area (Å²) in [5, 5.41) is 43.9. The topological polar surface area (TPSA) is 159 Å². The molecule has 3 rings (SSSR count). The maximum Gasteiger partial charge on any atom is 0.309 e. The van der Waals surface area contributed by atoms with Gasteiger partial charge in [-0.15, -0.1) is 0 Å². The number of hydrogen-bond acceptors (Lipinski definition) is 11. The van der Waals surface area contributed by atoms with Gasteiger partial charge in [0.25, 0.3) is 0 Å². The van der Waals surface area contributed by atoms with Gasteiger partial charge < -0.3 is 39.4 Å². The molecule has 0 amide bonds. The van der Waals surface area contributed by atoms with Gasteiger partial charge in [0.15, 0.2) is 0 Å². The van der Waals surface area contributed by atoms with Crippen molar-refractivity contribution in [2.24, 2.45) is 11.8 Å². The van der Waals surface area contributed by atoms with Crippen LogP contribution in [0.3, 0.4) is 0 Å². The Morgan fingerprint density at radius 1 is 1.23 bits per heavy atom. The first-order valence-corrected chi connectivity index (χ1v) is 18.4. The van der Waals surface area contributed by atoms with Crippen LogP contribution in [0.2, 0.25) is 0 Å². The Bertz CT molecular complexity index is 1460. The summed E-state index contributed by atoms with van der Waals surface area (Å²) in [6.07, 6.45) is 4.77. The smallest absolute Gasteiger partial charge is 0.309 e. The molecule has 2 aliphatic heterocycles. The number of rotatable bonds is 15. The predicted octanol–water partition coefficient (Wildman–Crippen LogP) is 4.54. The van der Waals surface area contributed by atoms with E-state index in [9.17, 15) is 38.8 Å². The van der Waals surface area contributed by atoms with Crippen molar-refractivity contribution in [3.05, 3.63) is 71.4 Å². The van der Waals surface area contributed by atoms with E-state index in [1.165, 1.54) is 19.9 Å². The molecule has 0 saturated carbocycles. The number of aliphatic hydroxyl groups excluding tert-OH is 2. The molecule has 1 fully saturated rings. The maximum absolute atomic E-state index is 14.9. The van der Waals surface area contributed by atoms with Gasteiger partial charge in [-0.2, -0.15) is 0 Å². The van der Waals surface area contributed by atoms with Crippen molar-refractivity contribution in [1.82, 2.24) is 4.90 Å². The SMILES string of the molecule is CC[C@H](OC)[C@@H](C)[C@H]1O[C@@H]1C(N(CCO)Cc1ccc(F)cc1F)C(C)(O)/C=C/C=C(\C)[C@@H]1OC(=O)C[C@H](O)CC[C@@](C)(O)[C@@H](OC(C)=O)/C=C/[C@@H]1C. The maximum atomic E-state index is 14.9. The lowest BCUT2D eigenvalue weighted by Gasteiger charge is -2.39. The second-order valence-electron chi connectivity index (χ2n) is 14.9. The number of ether oxygens (including phenoxy) is 4. The number of allylic oxidation sites excluding steroid dienone is 2. The van der Waals surface area contributed by atoms with Crippen molar-refractivity contribution in [3.8, 4) is 0 Å². The second-order valence-corrected chi connectivity index (χ2v) is 14.9. The number of benzene rings is 1. The van der Waals surface area contributed by atoms with Crippen LogP contribution in [0.25, 0.3) is 0 Å². The van der Waals surface area contributed by atoms with Crippen LogP contribution in [0.5, 0.6) is 0 Å². The fourth-order valence-electron chi connectivity index (χ4n) is 7.22. The molecule has 1 saturated heterocycles. The number of carbonyl (C=O) groups is 2. The van der Waals surface area contributed by atoms with Crippen LogP contribution in [-0.2, 0) is 35.1 Å². The molecule has 2 heterocycles. The number of aliphatic hydroxyl groups is 4. The molecule has 2 unspecified atom stereocenters. The van der Waals surface area contributed by atoms with Gasteiger partial charge in [-0.3, -0.25) is 14.5 Å². The standard InChI is InChI=1S/C40H59F2NO10/c1-9-32(50-8)26(4)36-37(53-36)38(43(19-20-44)23-28-13-14-29(41)21-31(28)42)40(7,49)17-10-11-24(2)35-25(3)12-15-33(51-27(5)45)39(6,48)18-16-30(46)22-34(47)52-35/h10-15,17,21,25-26,30,32-33,35-38,44,46,48-49H,9,16,18-20,22-23H2,1-8H3/b15-12+,17-10+,24-11+/t25-,26+,30+,32-,33-,35-,36+,37-,38?,39+,40?/m0/s1. The van der Waals surface area contributed by atoms with Gasteiger partial charge in [-0.1, -0.05) is 51.1 Å². The Labute approximate surface area is 312 Å². The Morgan fingerprint density at radius 3 is 2.53 bits per heavy atom. The highest BCUT2D eigenvalue weighted by Crippen LogP contribution is 2.41. The lowest BCUT2D eigenvalue weighted by atomic mass is 9.85. The van der Waals surface area contributed by atoms with Crippen LogP contribution in [0, 0.1) is 23.5 Å². The highest BCUT2D eigenvalue weighted by Gasteiger charge is 2.56. The molecule has 53 heavy (non-hydrogen) atoms. The Balaban J connectivity index is 1.99. The van der Waals surface area contributed by atoms with Crippen LogP contribution < -0.4 is 0 Å². The summed E-state index contributed by atoms with van der Waals surface area (Å²) in [6, 6.07) is 2.49. The first-order valence-electron chi connectivity index (χ1n) is 18.4. The van der Waals surface area contributed by atoms with Crippen LogP contribution in [0.15, 0.2) is 54.2 Å². The first kappa shape index (κ1) is 44.4. The minimum absolute atomic E-state index is 0.0480. The normalized spacial score (nSPS) is 30.8. The fraction of sp³-hybridized carbons (Fsp3) is 0.650. The van der Waals surface area contributed by atoms with Crippen molar-refractivity contribution < 1.29 is 57.7 Å². The molecule has 1 aromatic carbocycles. The monoisotopic (exact) mass is 751 g/mol. The highest BCUT2D eigenvalue weighted by atomic mass is 19.1. The quantitative estimate of drug-likeness (QED) is 0.0863. The summed E-state index contributed by atoms with van der Waals surface area (Å²) < 4.78 is 51.8. The third-order valence-electron chi connectivity index (χ3n) is 10.3. The van der Waals surface area contributed by atoms with Gasteiger partial charge in [0.05, 0.1) is 43.0 Å². The zero-order chi connectivity index (χ0) is 39.7. The number of cyclic esters (lactones) is 1. The molecular weight excluding hydrogens is 692 g/mol. The van der Waals surface area contributed by atoms with Gasteiger partial charge >= 0.3 is 11.9 Å². The largest absolute Gasteiger partial charge is 0.457 e. The van der Waals surface area contributed by atoms with E-state index in [1.807, 2.05) is 13.8 Å². The lowest BCUT2D eigenvalue weighted by Crippen LogP contribution is -2.55. The third kappa shape index (κ3) is 12.5. The van der Waals surface area contributed by atoms with E-state index >= 15 is 0 Å². The number of carbonyl (C=O) groups excluding carboxylic acids is 2. The predicted molar refractivity (Wildman–Crippen MR) is 194 cm³/mol. The van der Waals surface area contributed by atoms with Gasteiger partial charge in [0, 0.05) is 50.6 Å². The summed E-state index contributed by atoms with van der Waals surface area (Å²) in [5.41, 5.74) is -2.37. The van der Waals surface area contributed by atoms with E-state index < -0.39 is 71.2 Å². The van der Waals surface area contributed by atoms with Crippen LogP contribution in [0.4, 0.5) is 8.78 Å². The minimum Gasteiger partial charge on any atom is -0.457 e. The number of halogens is 2. The second kappa shape index (κ2) is 19.5. The van der Waals surface area contributed by atoms with Crippen molar-refractivity contribution in [2.75, 3.05) is 20.3 Å². The van der Waals surface area contributed by atoms with Crippen molar-refractivity contribution in [1.29, 1.82) is 0 Å². The lowest BCUT2D eigenvalue weighted by molar-refractivity contribution is -0.157. The van der Waals surface area contributed by atoms with Gasteiger partial charge in [0.1, 0.15) is 35.5 Å². The molecule has 0 spiro atoms. The van der Waals surface area contributed by atoms with Crippen molar-refractivity contribution >= 4 is 11.9 Å². The number of nitrogens with zero attached hydrogens (tertiary/aromatic N) is 1. The molecule has 11 atom stereocenters. The van der Waals surface area contributed by atoms with Crippen molar-refractivity contribution in [3.63, 3.8) is 0 Å². The molecule has 11 nitrogen and oxygen atoms in total. The van der Waals surface area contributed by atoms with Crippen LogP contribution in [0.1, 0.15) is 79.7 Å². The van der Waals surface area contributed by atoms with E-state index in [1.54, 1.807) is 63.2 Å². The van der Waals surface area contributed by atoms with E-state index in [2.05, 4.69) is 0 Å². The number of esters is 2. The summed E-state index contributed by atoms with van der Waals surface area (Å²) in [4.78, 5) is 26.5. The zero-order valence-electron chi connectivity index (χ0n) is 32.2. The summed E-state index contributed by atoms with van der Waals surface area (Å²) >= 11 is 0. The Hall–Kier alpha value is -3.04. The van der Waals surface area contributed by atoms with Crippen LogP contribution in [-0.4, -0.2) is 111 Å². The molecule has 0 radical (unpaired) electrons. The molecule has 298 valence electrons. The minimum atomic E-state index is -1.63. The van der Waals surface area contributed by atoms with Crippen LogP contribution >= 0.6 is 0 Å². The average Bonchev–Trinajstić information content (AvgIpc) is 3.85. The van der Waals surface area contributed by atoms with E-state index in [0.717, 1.165) is 18.6 Å². The molecule has 2 aliphatic rings. The van der Waals surface area contributed by atoms with Gasteiger partial charge in [-0.25, -0.2) is 8.78 Å². The number of hydrogen-bond donors (Lipinski definition) is 4. The van der Waals surface area contributed by atoms with E-state index in [4.69, 9.17) is 18.9 Å². The molecule has 1 aromatic rings. The molecule has 0 bridgehead atoms. The molecule has 13 heteroatoms. The average molecular weight is 752 g/mol. The zero-order valence-corrected chi connectivity index (χ0v) is 32.2. The first-order chi connectivity index (χ1) is 24.8. The number of epoxide rings is 1. The van der Waals surface area contributed by atoms with Gasteiger partial charge in [-0.05, 0) is 57.7 Å². The summed E-state index contributed by atoms with van der Waals surface area (Å²) in [7, 11) is 1.63.